The maximum absolute atomic E-state index is 13.5. The molecule has 5 N–H and O–H groups in total. The molecule has 7 heteroatoms. The van der Waals surface area contributed by atoms with Crippen molar-refractivity contribution in [3.63, 3.8) is 0 Å². The van der Waals surface area contributed by atoms with Gasteiger partial charge in [-0.2, -0.15) is 0 Å². The minimum absolute atomic E-state index is 0.0784. The summed E-state index contributed by atoms with van der Waals surface area (Å²) in [7, 11) is 1.72. The smallest absolute Gasteiger partial charge is 0.251 e. The van der Waals surface area contributed by atoms with Gasteiger partial charge in [-0.15, -0.1) is 0 Å². The summed E-state index contributed by atoms with van der Waals surface area (Å²) in [6.07, 6.45) is 4.53. The Morgan fingerprint density at radius 2 is 2.00 bits per heavy atom. The molecule has 0 aromatic heterocycles. The Hall–Kier alpha value is -3.29. The second-order valence-corrected chi connectivity index (χ2v) is 8.09. The Bertz CT molecular complexity index is 1060. The Kier molecular flexibility index (Phi) is 8.52. The largest absolute Gasteiger partial charge is 0.386 e. The summed E-state index contributed by atoms with van der Waals surface area (Å²) in [6, 6.07) is 12.8. The number of carbonyl (C=O) groups excluding carboxylic acids is 2. The van der Waals surface area contributed by atoms with Crippen LogP contribution < -0.4 is 21.7 Å². The normalized spacial score (nSPS) is 17.2. The van der Waals surface area contributed by atoms with Crippen molar-refractivity contribution in [3.8, 4) is 0 Å². The Morgan fingerprint density at radius 3 is 2.55 bits per heavy atom. The second-order valence-electron chi connectivity index (χ2n) is 8.09. The van der Waals surface area contributed by atoms with E-state index in [2.05, 4.69) is 22.0 Å². The third kappa shape index (κ3) is 6.15. The lowest BCUT2D eigenvalue weighted by Crippen LogP contribution is -2.27. The van der Waals surface area contributed by atoms with E-state index in [0.29, 0.717) is 18.7 Å². The van der Waals surface area contributed by atoms with Crippen LogP contribution in [0.3, 0.4) is 0 Å². The number of nitrogens with two attached hydrogens (primary N) is 1. The fraction of sp³-hybridized carbons (Fsp3) is 0.308. The topological polar surface area (TPSA) is 96.2 Å². The third-order valence-electron chi connectivity index (χ3n) is 6.02. The van der Waals surface area contributed by atoms with Gasteiger partial charge < -0.3 is 26.5 Å². The highest BCUT2D eigenvalue weighted by Crippen LogP contribution is 2.33. The van der Waals surface area contributed by atoms with E-state index in [1.165, 1.54) is 5.57 Å². The molecule has 1 aliphatic carbocycles. The minimum Gasteiger partial charge on any atom is -0.386 e. The van der Waals surface area contributed by atoms with Gasteiger partial charge in [-0.3, -0.25) is 4.79 Å². The van der Waals surface area contributed by atoms with Gasteiger partial charge in [0.2, 0.25) is 0 Å². The maximum Gasteiger partial charge on any atom is 0.251 e. The molecule has 0 radical (unpaired) electrons. The summed E-state index contributed by atoms with van der Waals surface area (Å²) in [4.78, 5) is 22.5. The molecule has 0 bridgehead atoms. The number of anilines is 2. The van der Waals surface area contributed by atoms with Crippen LogP contribution in [0.5, 0.6) is 0 Å². The molecule has 1 heterocycles. The van der Waals surface area contributed by atoms with Crippen molar-refractivity contribution in [2.24, 2.45) is 11.7 Å². The van der Waals surface area contributed by atoms with E-state index in [1.807, 2.05) is 37.3 Å². The number of nitrogens with one attached hydrogen (secondary N) is 3. The summed E-state index contributed by atoms with van der Waals surface area (Å²) in [6.45, 7) is 4.17. The predicted octanol–water partition coefficient (Wildman–Crippen LogP) is 3.86. The van der Waals surface area contributed by atoms with E-state index < -0.39 is 0 Å². The number of allylic oxidation sites excluding steroid dienone is 1. The molecular formula is C26H31FN4O2. The van der Waals surface area contributed by atoms with E-state index in [4.69, 9.17) is 5.73 Å². The molecule has 0 spiro atoms. The summed E-state index contributed by atoms with van der Waals surface area (Å²) >= 11 is 0. The molecule has 6 nitrogen and oxygen atoms in total. The van der Waals surface area contributed by atoms with E-state index in [-0.39, 0.29) is 17.6 Å². The van der Waals surface area contributed by atoms with Gasteiger partial charge in [0.15, 0.2) is 0 Å². The number of hydrogen-bond acceptors (Lipinski definition) is 5. The van der Waals surface area contributed by atoms with Crippen molar-refractivity contribution in [1.29, 1.82) is 0 Å². The number of carbonyl (C=O) groups is 2. The molecule has 1 unspecified atom stereocenters. The molecule has 1 amide bonds. The molecule has 2 aliphatic rings. The molecule has 0 fully saturated rings. The molecule has 0 saturated heterocycles. The van der Waals surface area contributed by atoms with Crippen molar-refractivity contribution in [3.05, 3.63) is 76.6 Å². The molecule has 2 aromatic rings. The summed E-state index contributed by atoms with van der Waals surface area (Å²) < 4.78 is 13.5. The first-order chi connectivity index (χ1) is 16.0. The Balaban J connectivity index is 0.000000189. The highest BCUT2D eigenvalue weighted by Gasteiger charge is 2.30. The first-order valence-electron chi connectivity index (χ1n) is 11.1. The average molecular weight is 451 g/mol. The van der Waals surface area contributed by atoms with Crippen LogP contribution in [0, 0.1) is 11.7 Å². The maximum atomic E-state index is 13.5. The Morgan fingerprint density at radius 1 is 1.24 bits per heavy atom. The third-order valence-corrected chi connectivity index (χ3v) is 6.02. The zero-order valence-electron chi connectivity index (χ0n) is 19.1. The molecule has 0 saturated carbocycles. The van der Waals surface area contributed by atoms with Crippen molar-refractivity contribution in [2.75, 3.05) is 30.8 Å². The molecule has 1 atom stereocenters. The number of halogens is 1. The second kappa shape index (κ2) is 11.5. The lowest BCUT2D eigenvalue weighted by molar-refractivity contribution is -0.114. The summed E-state index contributed by atoms with van der Waals surface area (Å²) in [5, 5.41) is 8.87. The van der Waals surface area contributed by atoms with Crippen LogP contribution in [-0.4, -0.2) is 32.3 Å². The van der Waals surface area contributed by atoms with Crippen LogP contribution in [0.4, 0.5) is 15.8 Å². The standard InChI is InChI=1S/C14H16N2O2.C12H15FN2/c1-9-11(8-17)6-13(9)14(18)16-12-4-2-10(7-15)3-5-12;1-14-12-3-2-10(8-11(12)13)9-4-6-15-7-5-9/h2-5,8,11H,6-7,15H2,1H3,(H,16,18);2-4,8,14-15H,5-7H2,1H3. The lowest BCUT2D eigenvalue weighted by atomic mass is 9.79. The van der Waals surface area contributed by atoms with Crippen molar-refractivity contribution in [1.82, 2.24) is 5.32 Å². The van der Waals surface area contributed by atoms with Crippen molar-refractivity contribution in [2.45, 2.75) is 26.3 Å². The van der Waals surface area contributed by atoms with Crippen LogP contribution >= 0.6 is 0 Å². The molecule has 1 aliphatic heterocycles. The highest BCUT2D eigenvalue weighted by molar-refractivity contribution is 6.06. The molecule has 33 heavy (non-hydrogen) atoms. The van der Waals surface area contributed by atoms with Crippen molar-refractivity contribution < 1.29 is 14.0 Å². The lowest BCUT2D eigenvalue weighted by Gasteiger charge is -2.26. The highest BCUT2D eigenvalue weighted by atomic mass is 19.1. The average Bonchev–Trinajstić information content (AvgIpc) is 2.84. The molecule has 174 valence electrons. The number of rotatable bonds is 6. The summed E-state index contributed by atoms with van der Waals surface area (Å²) in [5.41, 5.74) is 11.6. The van der Waals surface area contributed by atoms with Crippen LogP contribution in [0.15, 0.2) is 59.7 Å². The first-order valence-corrected chi connectivity index (χ1v) is 11.1. The molecular weight excluding hydrogens is 419 g/mol. The SMILES string of the molecule is CC1=C(C(=O)Nc2ccc(CN)cc2)CC1C=O.CNc1ccc(C2=CCNCC2)cc1F. The van der Waals surface area contributed by atoms with Crippen LogP contribution in [0.25, 0.3) is 5.57 Å². The van der Waals surface area contributed by atoms with E-state index in [1.54, 1.807) is 19.2 Å². The van der Waals surface area contributed by atoms with E-state index in [0.717, 1.165) is 53.8 Å². The molecule has 2 aromatic carbocycles. The number of hydrogen-bond donors (Lipinski definition) is 4. The van der Waals surface area contributed by atoms with Crippen LogP contribution in [0.1, 0.15) is 30.9 Å². The Labute approximate surface area is 194 Å². The van der Waals surface area contributed by atoms with Gasteiger partial charge in [-0.25, -0.2) is 4.39 Å². The predicted molar refractivity (Wildman–Crippen MR) is 131 cm³/mol. The summed E-state index contributed by atoms with van der Waals surface area (Å²) in [5.74, 6) is -0.383. The van der Waals surface area contributed by atoms with Crippen molar-refractivity contribution >= 4 is 29.1 Å². The van der Waals surface area contributed by atoms with Crippen LogP contribution in [0.2, 0.25) is 0 Å². The number of amides is 1. The van der Waals surface area contributed by atoms with Gasteiger partial charge in [-0.1, -0.05) is 29.8 Å². The van der Waals surface area contributed by atoms with E-state index >= 15 is 0 Å². The van der Waals surface area contributed by atoms with E-state index in [9.17, 15) is 14.0 Å². The first kappa shape index (κ1) is 24.4. The van der Waals surface area contributed by atoms with Gasteiger partial charge in [0.1, 0.15) is 12.1 Å². The fourth-order valence-electron chi connectivity index (χ4n) is 3.78. The van der Waals surface area contributed by atoms with Gasteiger partial charge in [0.05, 0.1) is 5.69 Å². The van der Waals surface area contributed by atoms with Gasteiger partial charge in [-0.05, 0) is 67.3 Å². The van der Waals surface area contributed by atoms with Gasteiger partial charge in [0.25, 0.3) is 5.91 Å². The molecule has 4 rings (SSSR count). The number of aldehydes is 1. The monoisotopic (exact) mass is 450 g/mol. The number of benzene rings is 2. The van der Waals surface area contributed by atoms with Gasteiger partial charge >= 0.3 is 0 Å². The zero-order valence-corrected chi connectivity index (χ0v) is 19.1. The van der Waals surface area contributed by atoms with Gasteiger partial charge in [0, 0.05) is 37.3 Å². The zero-order chi connectivity index (χ0) is 23.8. The fourth-order valence-corrected chi connectivity index (χ4v) is 3.78. The quantitative estimate of drug-likeness (QED) is 0.501. The van der Waals surface area contributed by atoms with Crippen LogP contribution in [-0.2, 0) is 16.1 Å². The minimum atomic E-state index is -0.186.